The van der Waals surface area contributed by atoms with Gasteiger partial charge in [0.05, 0.1) is 6.61 Å². The zero-order valence-corrected chi connectivity index (χ0v) is 9.09. The maximum absolute atomic E-state index is 8.80. The highest BCUT2D eigenvalue weighted by molar-refractivity contribution is 6.31. The van der Waals surface area contributed by atoms with E-state index in [0.717, 1.165) is 23.6 Å². The number of nitrogens with one attached hydrogen (secondary N) is 1. The second kappa shape index (κ2) is 6.02. The van der Waals surface area contributed by atoms with Crippen LogP contribution in [-0.2, 0) is 6.42 Å². The summed E-state index contributed by atoms with van der Waals surface area (Å²) in [6, 6.07) is 7.98. The van der Waals surface area contributed by atoms with Gasteiger partial charge in [-0.15, -0.1) is 0 Å². The minimum absolute atomic E-state index is 0.150. The lowest BCUT2D eigenvalue weighted by atomic mass is 10.1. The lowest BCUT2D eigenvalue weighted by molar-refractivity contribution is 0.252. The predicted molar refractivity (Wildman–Crippen MR) is 59.7 cm³/mol. The van der Waals surface area contributed by atoms with E-state index in [9.17, 15) is 0 Å². The van der Waals surface area contributed by atoms with Gasteiger partial charge in [-0.05, 0) is 31.5 Å². The first-order chi connectivity index (χ1) is 6.74. The van der Waals surface area contributed by atoms with Crippen molar-refractivity contribution in [1.82, 2.24) is 5.32 Å². The van der Waals surface area contributed by atoms with Crippen LogP contribution in [0.5, 0.6) is 0 Å². The largest absolute Gasteiger partial charge is 0.395 e. The molecule has 0 amide bonds. The lowest BCUT2D eigenvalue weighted by Crippen LogP contribution is -2.30. The van der Waals surface area contributed by atoms with Gasteiger partial charge in [0, 0.05) is 11.1 Å². The summed E-state index contributed by atoms with van der Waals surface area (Å²) < 4.78 is 0. The van der Waals surface area contributed by atoms with E-state index >= 15 is 0 Å². The van der Waals surface area contributed by atoms with Crippen molar-refractivity contribution in [3.8, 4) is 0 Å². The van der Waals surface area contributed by atoms with Crippen LogP contribution in [0.1, 0.15) is 12.5 Å². The Morgan fingerprint density at radius 1 is 1.43 bits per heavy atom. The summed E-state index contributed by atoms with van der Waals surface area (Å²) in [5, 5.41) is 12.8. The zero-order chi connectivity index (χ0) is 10.4. The van der Waals surface area contributed by atoms with Gasteiger partial charge in [-0.25, -0.2) is 0 Å². The summed E-state index contributed by atoms with van der Waals surface area (Å²) in [6.45, 7) is 2.96. The van der Waals surface area contributed by atoms with Crippen LogP contribution < -0.4 is 5.32 Å². The van der Waals surface area contributed by atoms with Crippen molar-refractivity contribution >= 4 is 11.6 Å². The average molecular weight is 214 g/mol. The summed E-state index contributed by atoms with van der Waals surface area (Å²) >= 11 is 6.00. The van der Waals surface area contributed by atoms with E-state index in [1.165, 1.54) is 0 Å². The summed E-state index contributed by atoms with van der Waals surface area (Å²) in [4.78, 5) is 0. The molecule has 0 aliphatic heterocycles. The van der Waals surface area contributed by atoms with Crippen molar-refractivity contribution in [2.24, 2.45) is 0 Å². The number of rotatable bonds is 5. The average Bonchev–Trinajstić information content (AvgIpc) is 2.20. The standard InChI is InChI=1S/C11H16ClNO/c1-9(8-14)13-7-6-10-4-2-3-5-11(10)12/h2-5,9,13-14H,6-8H2,1H3. The number of halogens is 1. The molecule has 78 valence electrons. The molecule has 0 aliphatic rings. The van der Waals surface area contributed by atoms with Gasteiger partial charge in [0.15, 0.2) is 0 Å². The molecule has 1 unspecified atom stereocenters. The van der Waals surface area contributed by atoms with Crippen molar-refractivity contribution in [3.63, 3.8) is 0 Å². The molecule has 0 radical (unpaired) electrons. The quantitative estimate of drug-likeness (QED) is 0.783. The third kappa shape index (κ3) is 3.66. The number of benzene rings is 1. The summed E-state index contributed by atoms with van der Waals surface area (Å²) in [5.74, 6) is 0. The van der Waals surface area contributed by atoms with Crippen LogP contribution in [0.4, 0.5) is 0 Å². The molecule has 14 heavy (non-hydrogen) atoms. The predicted octanol–water partition coefficient (Wildman–Crippen LogP) is 1.85. The van der Waals surface area contributed by atoms with E-state index in [1.54, 1.807) is 0 Å². The Morgan fingerprint density at radius 2 is 2.14 bits per heavy atom. The molecule has 1 atom stereocenters. The highest BCUT2D eigenvalue weighted by atomic mass is 35.5. The van der Waals surface area contributed by atoms with Crippen LogP contribution in [0.3, 0.4) is 0 Å². The van der Waals surface area contributed by atoms with E-state index in [1.807, 2.05) is 31.2 Å². The van der Waals surface area contributed by atoms with E-state index in [2.05, 4.69) is 5.32 Å². The van der Waals surface area contributed by atoms with Gasteiger partial charge in [0.25, 0.3) is 0 Å². The Balaban J connectivity index is 2.35. The van der Waals surface area contributed by atoms with Gasteiger partial charge in [-0.1, -0.05) is 29.8 Å². The maximum Gasteiger partial charge on any atom is 0.0581 e. The third-order valence-electron chi connectivity index (χ3n) is 2.12. The Kier molecular flexibility index (Phi) is 4.94. The first-order valence-corrected chi connectivity index (χ1v) is 5.19. The third-order valence-corrected chi connectivity index (χ3v) is 2.49. The van der Waals surface area contributed by atoms with Crippen molar-refractivity contribution in [2.45, 2.75) is 19.4 Å². The van der Waals surface area contributed by atoms with Gasteiger partial charge in [-0.3, -0.25) is 0 Å². The molecule has 1 aromatic rings. The second-order valence-electron chi connectivity index (χ2n) is 3.38. The maximum atomic E-state index is 8.80. The van der Waals surface area contributed by atoms with Crippen LogP contribution >= 0.6 is 11.6 Å². The molecule has 0 aliphatic carbocycles. The highest BCUT2D eigenvalue weighted by Gasteiger charge is 2.00. The molecule has 1 aromatic carbocycles. The molecular weight excluding hydrogens is 198 g/mol. The van der Waals surface area contributed by atoms with Crippen molar-refractivity contribution in [2.75, 3.05) is 13.2 Å². The summed E-state index contributed by atoms with van der Waals surface area (Å²) in [6.07, 6.45) is 0.893. The minimum atomic E-state index is 0.150. The first-order valence-electron chi connectivity index (χ1n) is 4.81. The van der Waals surface area contributed by atoms with E-state index in [0.29, 0.717) is 0 Å². The molecule has 2 N–H and O–H groups in total. The second-order valence-corrected chi connectivity index (χ2v) is 3.79. The van der Waals surface area contributed by atoms with Gasteiger partial charge >= 0.3 is 0 Å². The van der Waals surface area contributed by atoms with Crippen LogP contribution in [0.2, 0.25) is 5.02 Å². The Labute approximate surface area is 89.9 Å². The molecule has 3 heteroatoms. The van der Waals surface area contributed by atoms with Crippen molar-refractivity contribution in [1.29, 1.82) is 0 Å². The van der Waals surface area contributed by atoms with Crippen LogP contribution in [0.15, 0.2) is 24.3 Å². The molecule has 2 nitrogen and oxygen atoms in total. The Bertz CT molecular complexity index is 278. The smallest absolute Gasteiger partial charge is 0.0581 e. The molecule has 0 aromatic heterocycles. The normalized spacial score (nSPS) is 12.8. The minimum Gasteiger partial charge on any atom is -0.395 e. The van der Waals surface area contributed by atoms with Crippen molar-refractivity contribution < 1.29 is 5.11 Å². The van der Waals surface area contributed by atoms with Gasteiger partial charge in [0.2, 0.25) is 0 Å². The van der Waals surface area contributed by atoms with Gasteiger partial charge in [0.1, 0.15) is 0 Å². The number of aliphatic hydroxyl groups is 1. The Hall–Kier alpha value is -0.570. The Morgan fingerprint density at radius 3 is 2.79 bits per heavy atom. The monoisotopic (exact) mass is 213 g/mol. The SMILES string of the molecule is CC(CO)NCCc1ccccc1Cl. The number of hydrogen-bond donors (Lipinski definition) is 2. The topological polar surface area (TPSA) is 32.3 Å². The molecule has 0 fully saturated rings. The highest BCUT2D eigenvalue weighted by Crippen LogP contribution is 2.14. The first kappa shape index (κ1) is 11.5. The molecule has 1 rings (SSSR count). The van der Waals surface area contributed by atoms with Crippen molar-refractivity contribution in [3.05, 3.63) is 34.9 Å². The van der Waals surface area contributed by atoms with E-state index < -0.39 is 0 Å². The number of hydrogen-bond acceptors (Lipinski definition) is 2. The molecule has 0 spiro atoms. The summed E-state index contributed by atoms with van der Waals surface area (Å²) in [5.41, 5.74) is 1.15. The zero-order valence-electron chi connectivity index (χ0n) is 8.33. The number of aliphatic hydroxyl groups excluding tert-OH is 1. The van der Waals surface area contributed by atoms with Gasteiger partial charge in [-0.2, -0.15) is 0 Å². The molecule has 0 bridgehead atoms. The fourth-order valence-electron chi connectivity index (χ4n) is 1.22. The fourth-order valence-corrected chi connectivity index (χ4v) is 1.45. The lowest BCUT2D eigenvalue weighted by Gasteiger charge is -2.10. The molecule has 0 saturated heterocycles. The molecule has 0 saturated carbocycles. The molecular formula is C11H16ClNO. The molecule has 0 heterocycles. The summed E-state index contributed by atoms with van der Waals surface area (Å²) in [7, 11) is 0. The fraction of sp³-hybridized carbons (Fsp3) is 0.455. The van der Waals surface area contributed by atoms with Crippen LogP contribution in [0.25, 0.3) is 0 Å². The van der Waals surface area contributed by atoms with E-state index in [4.69, 9.17) is 16.7 Å². The van der Waals surface area contributed by atoms with E-state index in [-0.39, 0.29) is 12.6 Å². The van der Waals surface area contributed by atoms with Gasteiger partial charge < -0.3 is 10.4 Å². The van der Waals surface area contributed by atoms with Crippen LogP contribution in [0, 0.1) is 0 Å². The van der Waals surface area contributed by atoms with Crippen LogP contribution in [-0.4, -0.2) is 24.3 Å².